The second kappa shape index (κ2) is 5.36. The van der Waals surface area contributed by atoms with E-state index >= 15 is 0 Å². The number of hydrogen-bond donors (Lipinski definition) is 3. The number of rotatable bonds is 4. The zero-order chi connectivity index (χ0) is 11.3. The first-order chi connectivity index (χ1) is 7.15. The average molecular weight is 207 g/mol. The zero-order valence-corrected chi connectivity index (χ0v) is 9.08. The van der Waals surface area contributed by atoms with Crippen molar-refractivity contribution in [1.82, 2.24) is 5.43 Å². The number of benzene rings is 1. The molecule has 4 N–H and O–H groups in total. The fraction of sp³-hybridized carbons (Fsp3) is 0.364. The quantitative estimate of drug-likeness (QED) is 0.397. The van der Waals surface area contributed by atoms with Crippen LogP contribution in [0.4, 0.5) is 5.69 Å². The van der Waals surface area contributed by atoms with Gasteiger partial charge in [-0.2, -0.15) is 0 Å². The first-order valence-corrected chi connectivity index (χ1v) is 4.99. The van der Waals surface area contributed by atoms with E-state index < -0.39 is 0 Å². The van der Waals surface area contributed by atoms with Crippen molar-refractivity contribution in [2.75, 3.05) is 11.9 Å². The number of carbonyl (C=O) groups is 1. The van der Waals surface area contributed by atoms with E-state index in [9.17, 15) is 4.79 Å². The highest BCUT2D eigenvalue weighted by atomic mass is 16.2. The summed E-state index contributed by atoms with van der Waals surface area (Å²) in [6.45, 7) is 5.05. The molecule has 1 rings (SSSR count). The summed E-state index contributed by atoms with van der Waals surface area (Å²) >= 11 is 0. The smallest absolute Gasteiger partial charge is 0.267 e. The molecule has 0 heterocycles. The fourth-order valence-electron chi connectivity index (χ4n) is 1.23. The van der Waals surface area contributed by atoms with E-state index in [1.807, 2.05) is 18.2 Å². The van der Waals surface area contributed by atoms with Crippen LogP contribution in [0.3, 0.4) is 0 Å². The molecule has 0 aliphatic rings. The number of para-hydroxylation sites is 1. The van der Waals surface area contributed by atoms with Crippen molar-refractivity contribution in [1.29, 1.82) is 0 Å². The fourth-order valence-corrected chi connectivity index (χ4v) is 1.23. The predicted molar refractivity (Wildman–Crippen MR) is 61.4 cm³/mol. The highest BCUT2D eigenvalue weighted by Crippen LogP contribution is 2.14. The van der Waals surface area contributed by atoms with Gasteiger partial charge < -0.3 is 5.32 Å². The lowest BCUT2D eigenvalue weighted by Gasteiger charge is -2.12. The molecule has 1 amide bonds. The maximum atomic E-state index is 11.4. The van der Waals surface area contributed by atoms with Crippen molar-refractivity contribution < 1.29 is 4.79 Å². The van der Waals surface area contributed by atoms with Crippen molar-refractivity contribution >= 4 is 11.6 Å². The maximum Gasteiger partial charge on any atom is 0.267 e. The van der Waals surface area contributed by atoms with Crippen molar-refractivity contribution in [2.45, 2.75) is 13.8 Å². The molecule has 1 aromatic carbocycles. The van der Waals surface area contributed by atoms with Crippen LogP contribution < -0.4 is 16.6 Å². The van der Waals surface area contributed by atoms with Crippen LogP contribution in [0.2, 0.25) is 0 Å². The average Bonchev–Trinajstić information content (AvgIpc) is 2.25. The van der Waals surface area contributed by atoms with Gasteiger partial charge in [0.15, 0.2) is 0 Å². The predicted octanol–water partition coefficient (Wildman–Crippen LogP) is 1.36. The van der Waals surface area contributed by atoms with Crippen LogP contribution in [-0.2, 0) is 0 Å². The molecule has 82 valence electrons. The number of hydrogen-bond acceptors (Lipinski definition) is 3. The third kappa shape index (κ3) is 3.25. The van der Waals surface area contributed by atoms with E-state index in [-0.39, 0.29) is 5.91 Å². The van der Waals surface area contributed by atoms with Gasteiger partial charge in [-0.25, -0.2) is 5.84 Å². The first-order valence-electron chi connectivity index (χ1n) is 4.99. The number of nitrogens with two attached hydrogens (primary N) is 1. The SMILES string of the molecule is CC(C)CNc1ccccc1C(=O)NN. The van der Waals surface area contributed by atoms with Gasteiger partial charge in [0.2, 0.25) is 0 Å². The highest BCUT2D eigenvalue weighted by Gasteiger charge is 2.08. The Balaban J connectivity index is 2.81. The van der Waals surface area contributed by atoms with Crippen molar-refractivity contribution in [3.63, 3.8) is 0 Å². The molecule has 15 heavy (non-hydrogen) atoms. The number of anilines is 1. The lowest BCUT2D eigenvalue weighted by Crippen LogP contribution is -2.30. The van der Waals surface area contributed by atoms with Gasteiger partial charge in [-0.1, -0.05) is 26.0 Å². The molecule has 0 aromatic heterocycles. The molecule has 4 heteroatoms. The largest absolute Gasteiger partial charge is 0.384 e. The monoisotopic (exact) mass is 207 g/mol. The molecule has 4 nitrogen and oxygen atoms in total. The van der Waals surface area contributed by atoms with E-state index in [2.05, 4.69) is 24.6 Å². The number of nitrogens with one attached hydrogen (secondary N) is 2. The number of carbonyl (C=O) groups excluding carboxylic acids is 1. The van der Waals surface area contributed by atoms with E-state index in [1.165, 1.54) is 0 Å². The maximum absolute atomic E-state index is 11.4. The number of nitrogen functional groups attached to an aromatic ring is 1. The zero-order valence-electron chi connectivity index (χ0n) is 9.08. The van der Waals surface area contributed by atoms with Crippen LogP contribution in [-0.4, -0.2) is 12.5 Å². The second-order valence-corrected chi connectivity index (χ2v) is 3.79. The topological polar surface area (TPSA) is 67.2 Å². The van der Waals surface area contributed by atoms with Crippen LogP contribution >= 0.6 is 0 Å². The summed E-state index contributed by atoms with van der Waals surface area (Å²) < 4.78 is 0. The number of amides is 1. The van der Waals surface area contributed by atoms with E-state index in [0.29, 0.717) is 11.5 Å². The summed E-state index contributed by atoms with van der Waals surface area (Å²) in [7, 11) is 0. The van der Waals surface area contributed by atoms with E-state index in [1.54, 1.807) is 6.07 Å². The molecule has 1 aromatic rings. The second-order valence-electron chi connectivity index (χ2n) is 3.79. The summed E-state index contributed by atoms with van der Waals surface area (Å²) in [6.07, 6.45) is 0. The van der Waals surface area contributed by atoms with Gasteiger partial charge in [0.25, 0.3) is 5.91 Å². The lowest BCUT2D eigenvalue weighted by molar-refractivity contribution is 0.0954. The molecule has 0 unspecified atom stereocenters. The third-order valence-corrected chi connectivity index (χ3v) is 2.00. The molecule has 0 aliphatic carbocycles. The molecule has 0 spiro atoms. The Morgan fingerprint density at radius 2 is 2.07 bits per heavy atom. The van der Waals surface area contributed by atoms with Gasteiger partial charge in [0, 0.05) is 12.2 Å². The van der Waals surface area contributed by atoms with Gasteiger partial charge in [-0.05, 0) is 18.1 Å². The molecule has 0 radical (unpaired) electrons. The van der Waals surface area contributed by atoms with Crippen LogP contribution in [0.15, 0.2) is 24.3 Å². The molecular formula is C11H17N3O. The Morgan fingerprint density at radius 1 is 1.40 bits per heavy atom. The summed E-state index contributed by atoms with van der Waals surface area (Å²) in [5.41, 5.74) is 3.51. The Labute approximate surface area is 89.8 Å². The van der Waals surface area contributed by atoms with Crippen LogP contribution in [0.25, 0.3) is 0 Å². The normalized spacial score (nSPS) is 10.1. The van der Waals surface area contributed by atoms with Crippen LogP contribution in [0.1, 0.15) is 24.2 Å². The van der Waals surface area contributed by atoms with Gasteiger partial charge in [0.05, 0.1) is 5.56 Å². The minimum atomic E-state index is -0.276. The minimum Gasteiger partial charge on any atom is -0.384 e. The van der Waals surface area contributed by atoms with Crippen molar-refractivity contribution in [3.8, 4) is 0 Å². The van der Waals surface area contributed by atoms with Crippen molar-refractivity contribution in [3.05, 3.63) is 29.8 Å². The van der Waals surface area contributed by atoms with Crippen molar-refractivity contribution in [2.24, 2.45) is 11.8 Å². The summed E-state index contributed by atoms with van der Waals surface area (Å²) in [5.74, 6) is 5.35. The van der Waals surface area contributed by atoms with E-state index in [0.717, 1.165) is 12.2 Å². The molecular weight excluding hydrogens is 190 g/mol. The molecule has 0 saturated carbocycles. The standard InChI is InChI=1S/C11H17N3O/c1-8(2)7-13-10-6-4-3-5-9(10)11(15)14-12/h3-6,8,13H,7,12H2,1-2H3,(H,14,15). The highest BCUT2D eigenvalue weighted by molar-refractivity contribution is 5.99. The van der Waals surface area contributed by atoms with Gasteiger partial charge in [0.1, 0.15) is 0 Å². The summed E-state index contributed by atoms with van der Waals surface area (Å²) in [5, 5.41) is 3.21. The molecule has 0 aliphatic heterocycles. The minimum absolute atomic E-state index is 0.276. The third-order valence-electron chi connectivity index (χ3n) is 2.00. The van der Waals surface area contributed by atoms with Gasteiger partial charge in [-0.15, -0.1) is 0 Å². The van der Waals surface area contributed by atoms with Gasteiger partial charge in [-0.3, -0.25) is 10.2 Å². The molecule has 0 fully saturated rings. The molecule has 0 atom stereocenters. The lowest BCUT2D eigenvalue weighted by atomic mass is 10.1. The molecule has 0 saturated heterocycles. The van der Waals surface area contributed by atoms with E-state index in [4.69, 9.17) is 5.84 Å². The Kier molecular flexibility index (Phi) is 4.12. The summed E-state index contributed by atoms with van der Waals surface area (Å²) in [4.78, 5) is 11.4. The summed E-state index contributed by atoms with van der Waals surface area (Å²) in [6, 6.07) is 7.30. The first kappa shape index (κ1) is 11.5. The Bertz CT molecular complexity index is 336. The Hall–Kier alpha value is -1.55. The van der Waals surface area contributed by atoms with Gasteiger partial charge >= 0.3 is 0 Å². The Morgan fingerprint density at radius 3 is 2.67 bits per heavy atom. The number of hydrazine groups is 1. The van der Waals surface area contributed by atoms with Crippen LogP contribution in [0, 0.1) is 5.92 Å². The molecule has 0 bridgehead atoms. The van der Waals surface area contributed by atoms with Crippen LogP contribution in [0.5, 0.6) is 0 Å².